The van der Waals surface area contributed by atoms with Crippen molar-refractivity contribution in [2.24, 2.45) is 0 Å². The van der Waals surface area contributed by atoms with E-state index in [-0.39, 0.29) is 6.61 Å². The maximum absolute atomic E-state index is 14.7. The second-order valence-electron chi connectivity index (χ2n) is 5.48. The van der Waals surface area contributed by atoms with Crippen molar-refractivity contribution >= 4 is 0 Å². The molecule has 2 atom stereocenters. The van der Waals surface area contributed by atoms with Gasteiger partial charge in [0.25, 0.3) is 0 Å². The number of ether oxygens (including phenoxy) is 1. The number of rotatable bonds is 4. The summed E-state index contributed by atoms with van der Waals surface area (Å²) in [5.41, 5.74) is -0.540. The van der Waals surface area contributed by atoms with Gasteiger partial charge in [0.15, 0.2) is 5.67 Å². The lowest BCUT2D eigenvalue weighted by atomic mass is 9.86. The molecule has 3 heteroatoms. The zero-order chi connectivity index (χ0) is 13.6. The maximum atomic E-state index is 14.7. The van der Waals surface area contributed by atoms with E-state index < -0.39 is 11.8 Å². The van der Waals surface area contributed by atoms with E-state index in [1.165, 1.54) is 0 Å². The third-order valence-electron chi connectivity index (χ3n) is 3.87. The first-order chi connectivity index (χ1) is 9.21. The van der Waals surface area contributed by atoms with E-state index in [1.54, 1.807) is 0 Å². The van der Waals surface area contributed by atoms with Crippen LogP contribution in [0.4, 0.5) is 4.39 Å². The average molecular weight is 266 g/mol. The molecule has 1 fully saturated rings. The van der Waals surface area contributed by atoms with Crippen LogP contribution in [-0.2, 0) is 11.3 Å². The van der Waals surface area contributed by atoms with E-state index in [2.05, 4.69) is 0 Å². The molecule has 1 aliphatic carbocycles. The lowest BCUT2D eigenvalue weighted by molar-refractivity contribution is -0.0834. The molecule has 19 heavy (non-hydrogen) atoms. The first kappa shape index (κ1) is 14.5. The molecule has 1 aliphatic rings. The van der Waals surface area contributed by atoms with Gasteiger partial charge in [0, 0.05) is 0 Å². The summed E-state index contributed by atoms with van der Waals surface area (Å²) < 4.78 is 20.2. The van der Waals surface area contributed by atoms with Crippen molar-refractivity contribution in [2.45, 2.75) is 56.9 Å². The minimum absolute atomic E-state index is 0.0109. The van der Waals surface area contributed by atoms with E-state index in [0.717, 1.165) is 31.2 Å². The molecule has 1 saturated carbocycles. The first-order valence-electron chi connectivity index (χ1n) is 7.19. The molecule has 2 unspecified atom stereocenters. The second kappa shape index (κ2) is 7.01. The van der Waals surface area contributed by atoms with Gasteiger partial charge in [0.2, 0.25) is 0 Å². The molecule has 2 nitrogen and oxygen atoms in total. The Morgan fingerprint density at radius 2 is 1.89 bits per heavy atom. The Labute approximate surface area is 114 Å². The Balaban J connectivity index is 1.84. The Hall–Kier alpha value is -0.930. The van der Waals surface area contributed by atoms with Crippen molar-refractivity contribution in [3.05, 3.63) is 35.9 Å². The fourth-order valence-corrected chi connectivity index (χ4v) is 2.62. The van der Waals surface area contributed by atoms with Crippen LogP contribution in [0.3, 0.4) is 0 Å². The molecule has 0 spiro atoms. The van der Waals surface area contributed by atoms with Gasteiger partial charge in [-0.05, 0) is 18.4 Å². The fourth-order valence-electron chi connectivity index (χ4n) is 2.62. The normalized spacial score (nSPS) is 28.6. The zero-order valence-electron chi connectivity index (χ0n) is 11.4. The van der Waals surface area contributed by atoms with Gasteiger partial charge >= 0.3 is 0 Å². The van der Waals surface area contributed by atoms with Gasteiger partial charge in [0.05, 0.1) is 19.3 Å². The Bertz CT molecular complexity index is 368. The summed E-state index contributed by atoms with van der Waals surface area (Å²) in [5.74, 6) is 0. The van der Waals surface area contributed by atoms with E-state index in [4.69, 9.17) is 4.74 Å². The highest BCUT2D eigenvalue weighted by Gasteiger charge is 2.38. The highest BCUT2D eigenvalue weighted by Crippen LogP contribution is 2.30. The molecular weight excluding hydrogens is 243 g/mol. The van der Waals surface area contributed by atoms with E-state index in [9.17, 15) is 9.50 Å². The van der Waals surface area contributed by atoms with Gasteiger partial charge in [0.1, 0.15) is 0 Å². The van der Waals surface area contributed by atoms with E-state index >= 15 is 0 Å². The summed E-state index contributed by atoms with van der Waals surface area (Å²) in [5, 5.41) is 9.98. The van der Waals surface area contributed by atoms with Crippen LogP contribution >= 0.6 is 0 Å². The van der Waals surface area contributed by atoms with Crippen LogP contribution in [0.1, 0.15) is 44.1 Å². The molecule has 1 aromatic rings. The number of alkyl halides is 1. The summed E-state index contributed by atoms with van der Waals surface area (Å²) in [6, 6.07) is 9.74. The SMILES string of the molecule is OC1CCCCCCC1(F)COCc1ccccc1. The van der Waals surface area contributed by atoms with Crippen molar-refractivity contribution in [2.75, 3.05) is 6.61 Å². The number of aliphatic hydroxyl groups is 1. The van der Waals surface area contributed by atoms with Crippen LogP contribution in [0.2, 0.25) is 0 Å². The lowest BCUT2D eigenvalue weighted by Gasteiger charge is -2.32. The number of benzene rings is 1. The van der Waals surface area contributed by atoms with Crippen LogP contribution in [0.25, 0.3) is 0 Å². The fraction of sp³-hybridized carbons (Fsp3) is 0.625. The Kier molecular flexibility index (Phi) is 5.34. The van der Waals surface area contributed by atoms with Crippen LogP contribution in [-0.4, -0.2) is 23.5 Å². The third-order valence-corrected chi connectivity index (χ3v) is 3.87. The number of aliphatic hydroxyl groups excluding tert-OH is 1. The first-order valence-corrected chi connectivity index (χ1v) is 7.19. The largest absolute Gasteiger partial charge is 0.390 e. The van der Waals surface area contributed by atoms with Crippen molar-refractivity contribution < 1.29 is 14.2 Å². The highest BCUT2D eigenvalue weighted by molar-refractivity contribution is 5.13. The van der Waals surface area contributed by atoms with Crippen molar-refractivity contribution in [1.29, 1.82) is 0 Å². The molecule has 1 N–H and O–H groups in total. The van der Waals surface area contributed by atoms with Gasteiger partial charge in [-0.2, -0.15) is 0 Å². The third kappa shape index (κ3) is 4.29. The standard InChI is InChI=1S/C16H23FO2/c17-16(11-7-2-1-6-10-15(16)18)13-19-12-14-8-4-3-5-9-14/h3-5,8-9,15,18H,1-2,6-7,10-13H2. The van der Waals surface area contributed by atoms with Gasteiger partial charge in [-0.25, -0.2) is 4.39 Å². The van der Waals surface area contributed by atoms with Crippen LogP contribution in [0.5, 0.6) is 0 Å². The van der Waals surface area contributed by atoms with Crippen LogP contribution < -0.4 is 0 Å². The maximum Gasteiger partial charge on any atom is 0.159 e. The molecule has 1 aromatic carbocycles. The predicted octanol–water partition coefficient (Wildman–Crippen LogP) is 3.63. The van der Waals surface area contributed by atoms with Gasteiger partial charge in [-0.3, -0.25) is 0 Å². The molecule has 0 radical (unpaired) electrons. The number of halogens is 1. The van der Waals surface area contributed by atoms with Crippen molar-refractivity contribution in [3.8, 4) is 0 Å². The summed E-state index contributed by atoms with van der Waals surface area (Å²) in [6.07, 6.45) is 3.96. The smallest absolute Gasteiger partial charge is 0.159 e. The summed E-state index contributed by atoms with van der Waals surface area (Å²) in [4.78, 5) is 0. The monoisotopic (exact) mass is 266 g/mol. The highest BCUT2D eigenvalue weighted by atomic mass is 19.1. The molecule has 2 rings (SSSR count). The number of hydrogen-bond acceptors (Lipinski definition) is 2. The Morgan fingerprint density at radius 3 is 2.68 bits per heavy atom. The molecular formula is C16H23FO2. The Morgan fingerprint density at radius 1 is 1.16 bits per heavy atom. The van der Waals surface area contributed by atoms with Crippen LogP contribution in [0.15, 0.2) is 30.3 Å². The van der Waals surface area contributed by atoms with Gasteiger partial charge in [-0.15, -0.1) is 0 Å². The zero-order valence-corrected chi connectivity index (χ0v) is 11.4. The molecule has 0 aromatic heterocycles. The van der Waals surface area contributed by atoms with Crippen LogP contribution in [0, 0.1) is 0 Å². The summed E-state index contributed by atoms with van der Waals surface area (Å²) >= 11 is 0. The predicted molar refractivity (Wildman–Crippen MR) is 73.6 cm³/mol. The van der Waals surface area contributed by atoms with Crippen molar-refractivity contribution in [3.63, 3.8) is 0 Å². The molecule has 106 valence electrons. The summed E-state index contributed by atoms with van der Waals surface area (Å²) in [6.45, 7) is 0.391. The quantitative estimate of drug-likeness (QED) is 0.901. The molecule has 0 amide bonds. The molecule has 0 bridgehead atoms. The summed E-state index contributed by atoms with van der Waals surface area (Å²) in [7, 11) is 0. The van der Waals surface area contributed by atoms with Crippen molar-refractivity contribution in [1.82, 2.24) is 0 Å². The minimum atomic E-state index is -1.57. The number of hydrogen-bond donors (Lipinski definition) is 1. The second-order valence-corrected chi connectivity index (χ2v) is 5.48. The lowest BCUT2D eigenvalue weighted by Crippen LogP contribution is -2.43. The van der Waals surface area contributed by atoms with E-state index in [0.29, 0.717) is 19.4 Å². The molecule has 0 aliphatic heterocycles. The average Bonchev–Trinajstić information content (AvgIpc) is 2.42. The van der Waals surface area contributed by atoms with Gasteiger partial charge < -0.3 is 9.84 Å². The molecule has 0 saturated heterocycles. The van der Waals surface area contributed by atoms with Gasteiger partial charge in [-0.1, -0.05) is 56.0 Å². The topological polar surface area (TPSA) is 29.5 Å². The molecule has 0 heterocycles. The van der Waals surface area contributed by atoms with E-state index in [1.807, 2.05) is 30.3 Å². The minimum Gasteiger partial charge on any atom is -0.390 e.